The average molecular weight is 448 g/mol. The predicted octanol–water partition coefficient (Wildman–Crippen LogP) is 4.92. The first-order valence-electron chi connectivity index (χ1n) is 9.31. The summed E-state index contributed by atoms with van der Waals surface area (Å²) in [6, 6.07) is 2.46. The summed E-state index contributed by atoms with van der Waals surface area (Å²) in [5.41, 5.74) is -1.26. The fraction of sp³-hybridized carbons (Fsp3) is 0.600. The molecule has 0 bridgehead atoms. The summed E-state index contributed by atoms with van der Waals surface area (Å²) in [5.74, 6) is -0.305. The molecule has 0 radical (unpaired) electrons. The monoisotopic (exact) mass is 447 g/mol. The molecule has 9 heteroatoms. The third kappa shape index (κ3) is 5.90. The molecular formula is C20H27Cl2NO6. The number of benzene rings is 1. The summed E-state index contributed by atoms with van der Waals surface area (Å²) >= 11 is 12.5. The number of hydrogen-bond acceptors (Lipinski definition) is 6. The van der Waals surface area contributed by atoms with Crippen LogP contribution in [0.4, 0.5) is 4.79 Å². The molecule has 2 rings (SSSR count). The molecule has 0 unspecified atom stereocenters. The molecule has 1 aromatic rings. The van der Waals surface area contributed by atoms with Gasteiger partial charge in [-0.3, -0.25) is 4.90 Å². The minimum atomic E-state index is -0.849. The number of rotatable bonds is 5. The smallest absolute Gasteiger partial charge is 0.413 e. The van der Waals surface area contributed by atoms with Gasteiger partial charge < -0.3 is 18.9 Å². The fourth-order valence-corrected chi connectivity index (χ4v) is 3.49. The Kier molecular flexibility index (Phi) is 7.30. The Morgan fingerprint density at radius 2 is 1.83 bits per heavy atom. The van der Waals surface area contributed by atoms with Gasteiger partial charge in [-0.15, -0.1) is 0 Å². The number of halogens is 2. The number of amides is 1. The lowest BCUT2D eigenvalue weighted by atomic mass is 10.2. The Morgan fingerprint density at radius 3 is 2.34 bits per heavy atom. The number of esters is 1. The molecule has 1 aliphatic heterocycles. The Bertz CT molecular complexity index is 752. The van der Waals surface area contributed by atoms with Gasteiger partial charge in [0.15, 0.2) is 5.75 Å². The highest BCUT2D eigenvalue weighted by atomic mass is 35.5. The van der Waals surface area contributed by atoms with Crippen molar-refractivity contribution >= 4 is 35.3 Å². The standard InChI is InChI=1S/C20H27Cl2NO6/c1-7-26-17(24)12-8-14(21)16(15(22)9-12)27-10-13-11-28-20(5,6)23(13)18(25)29-19(2,3)4/h8-9,13H,7,10-11H2,1-6H3/t13-/m0/s1. The Balaban J connectivity index is 2.15. The first-order valence-corrected chi connectivity index (χ1v) is 10.1. The van der Waals surface area contributed by atoms with Gasteiger partial charge in [0.05, 0.1) is 34.9 Å². The zero-order chi connectivity index (χ0) is 22.0. The van der Waals surface area contributed by atoms with Crippen LogP contribution in [0.1, 0.15) is 51.9 Å². The predicted molar refractivity (Wildman–Crippen MR) is 110 cm³/mol. The van der Waals surface area contributed by atoms with Crippen molar-refractivity contribution in [1.29, 1.82) is 0 Å². The van der Waals surface area contributed by atoms with Crippen LogP contribution in [0.5, 0.6) is 5.75 Å². The molecule has 0 aliphatic carbocycles. The van der Waals surface area contributed by atoms with E-state index in [0.29, 0.717) is 0 Å². The summed E-state index contributed by atoms with van der Waals surface area (Å²) in [6.07, 6.45) is -0.497. The topological polar surface area (TPSA) is 74.3 Å². The van der Waals surface area contributed by atoms with Crippen molar-refractivity contribution in [3.05, 3.63) is 27.7 Å². The lowest BCUT2D eigenvalue weighted by molar-refractivity contribution is -0.0637. The molecule has 1 aromatic carbocycles. The number of carbonyl (C=O) groups is 2. The molecule has 7 nitrogen and oxygen atoms in total. The maximum Gasteiger partial charge on any atom is 0.413 e. The van der Waals surface area contributed by atoms with E-state index in [0.717, 1.165) is 0 Å². The fourth-order valence-electron chi connectivity index (χ4n) is 2.90. The molecule has 1 amide bonds. The van der Waals surface area contributed by atoms with Crippen LogP contribution >= 0.6 is 23.2 Å². The van der Waals surface area contributed by atoms with Crippen LogP contribution in [-0.4, -0.2) is 54.2 Å². The second kappa shape index (κ2) is 8.98. The molecular weight excluding hydrogens is 421 g/mol. The number of carbonyl (C=O) groups excluding carboxylic acids is 2. The second-order valence-corrected chi connectivity index (χ2v) is 8.88. The van der Waals surface area contributed by atoms with Gasteiger partial charge in [-0.1, -0.05) is 23.2 Å². The largest absolute Gasteiger partial charge is 0.488 e. The van der Waals surface area contributed by atoms with Crippen molar-refractivity contribution in [3.63, 3.8) is 0 Å². The van der Waals surface area contributed by atoms with Gasteiger partial charge in [-0.25, -0.2) is 9.59 Å². The van der Waals surface area contributed by atoms with Crippen molar-refractivity contribution < 1.29 is 28.5 Å². The summed E-state index contributed by atoms with van der Waals surface area (Å²) in [6.45, 7) is 11.3. The van der Waals surface area contributed by atoms with Crippen LogP contribution in [0, 0.1) is 0 Å². The zero-order valence-corrected chi connectivity index (χ0v) is 19.0. The van der Waals surface area contributed by atoms with E-state index < -0.39 is 29.4 Å². The summed E-state index contributed by atoms with van der Waals surface area (Å²) in [7, 11) is 0. The van der Waals surface area contributed by atoms with E-state index in [-0.39, 0.29) is 41.2 Å². The third-order valence-electron chi connectivity index (χ3n) is 4.09. The Labute approximate surface area is 181 Å². The average Bonchev–Trinajstić information content (AvgIpc) is 2.87. The number of ether oxygens (including phenoxy) is 4. The van der Waals surface area contributed by atoms with Gasteiger partial charge in [0.1, 0.15) is 17.9 Å². The van der Waals surface area contributed by atoms with Gasteiger partial charge in [0.2, 0.25) is 0 Å². The van der Waals surface area contributed by atoms with E-state index in [1.165, 1.54) is 17.0 Å². The molecule has 1 atom stereocenters. The van der Waals surface area contributed by atoms with E-state index in [1.807, 2.05) is 0 Å². The first kappa shape index (κ1) is 23.6. The zero-order valence-electron chi connectivity index (χ0n) is 17.5. The van der Waals surface area contributed by atoms with E-state index in [9.17, 15) is 9.59 Å². The lowest BCUT2D eigenvalue weighted by Gasteiger charge is -2.35. The van der Waals surface area contributed by atoms with E-state index in [2.05, 4.69) is 0 Å². The van der Waals surface area contributed by atoms with Gasteiger partial charge >= 0.3 is 12.1 Å². The van der Waals surface area contributed by atoms with Gasteiger partial charge in [0, 0.05) is 0 Å². The van der Waals surface area contributed by atoms with Gasteiger partial charge in [-0.05, 0) is 53.7 Å². The highest BCUT2D eigenvalue weighted by Crippen LogP contribution is 2.36. The van der Waals surface area contributed by atoms with Crippen LogP contribution in [0.3, 0.4) is 0 Å². The van der Waals surface area contributed by atoms with Gasteiger partial charge in [0.25, 0.3) is 0 Å². The van der Waals surface area contributed by atoms with E-state index in [4.69, 9.17) is 42.1 Å². The molecule has 0 spiro atoms. The number of nitrogens with zero attached hydrogens (tertiary/aromatic N) is 1. The molecule has 1 saturated heterocycles. The van der Waals surface area contributed by atoms with E-state index in [1.54, 1.807) is 41.5 Å². The molecule has 1 aliphatic rings. The lowest BCUT2D eigenvalue weighted by Crippen LogP contribution is -2.51. The van der Waals surface area contributed by atoms with Gasteiger partial charge in [-0.2, -0.15) is 0 Å². The molecule has 29 heavy (non-hydrogen) atoms. The van der Waals surface area contributed by atoms with Crippen molar-refractivity contribution in [2.75, 3.05) is 19.8 Å². The van der Waals surface area contributed by atoms with Crippen molar-refractivity contribution in [2.24, 2.45) is 0 Å². The normalized spacial score (nSPS) is 18.5. The highest BCUT2D eigenvalue weighted by Gasteiger charge is 2.46. The van der Waals surface area contributed by atoms with Crippen molar-refractivity contribution in [1.82, 2.24) is 4.90 Å². The van der Waals surface area contributed by atoms with Crippen molar-refractivity contribution in [2.45, 2.75) is 58.9 Å². The SMILES string of the molecule is CCOC(=O)c1cc(Cl)c(OC[C@H]2COC(C)(C)N2C(=O)OC(C)(C)C)c(Cl)c1. The number of hydrogen-bond donors (Lipinski definition) is 0. The quantitative estimate of drug-likeness (QED) is 0.596. The maximum absolute atomic E-state index is 12.7. The van der Waals surface area contributed by atoms with Crippen LogP contribution in [-0.2, 0) is 14.2 Å². The molecule has 0 aromatic heterocycles. The molecule has 1 heterocycles. The molecule has 1 fully saturated rings. The molecule has 162 valence electrons. The second-order valence-electron chi connectivity index (χ2n) is 8.06. The van der Waals surface area contributed by atoms with Crippen LogP contribution < -0.4 is 4.74 Å². The van der Waals surface area contributed by atoms with E-state index >= 15 is 0 Å². The van der Waals surface area contributed by atoms with Crippen molar-refractivity contribution in [3.8, 4) is 5.75 Å². The van der Waals surface area contributed by atoms with Crippen LogP contribution in [0.15, 0.2) is 12.1 Å². The molecule has 0 N–H and O–H groups in total. The summed E-state index contributed by atoms with van der Waals surface area (Å²) in [4.78, 5) is 26.1. The summed E-state index contributed by atoms with van der Waals surface area (Å²) < 4.78 is 22.0. The van der Waals surface area contributed by atoms with Crippen LogP contribution in [0.25, 0.3) is 0 Å². The highest BCUT2D eigenvalue weighted by molar-refractivity contribution is 6.37. The third-order valence-corrected chi connectivity index (χ3v) is 4.66. The minimum absolute atomic E-state index is 0.0842. The van der Waals surface area contributed by atoms with Crippen LogP contribution in [0.2, 0.25) is 10.0 Å². The minimum Gasteiger partial charge on any atom is -0.488 e. The molecule has 0 saturated carbocycles. The Morgan fingerprint density at radius 1 is 1.24 bits per heavy atom. The maximum atomic E-state index is 12.7. The Hall–Kier alpha value is -1.70. The summed E-state index contributed by atoms with van der Waals surface area (Å²) in [5, 5.41) is 0.338. The first-order chi connectivity index (χ1) is 13.4.